The monoisotopic (exact) mass is 329 g/mol. The first-order valence-electron chi connectivity index (χ1n) is 7.98. The van der Waals surface area contributed by atoms with E-state index in [-0.39, 0.29) is 5.91 Å². The van der Waals surface area contributed by atoms with Gasteiger partial charge in [-0.2, -0.15) is 0 Å². The van der Waals surface area contributed by atoms with Crippen LogP contribution in [0.4, 0.5) is 0 Å². The number of amides is 1. The van der Waals surface area contributed by atoms with Gasteiger partial charge >= 0.3 is 0 Å². The second-order valence-electron chi connectivity index (χ2n) is 6.02. The van der Waals surface area contributed by atoms with Crippen LogP contribution in [0.25, 0.3) is 0 Å². The molecule has 0 spiro atoms. The summed E-state index contributed by atoms with van der Waals surface area (Å²) in [5, 5.41) is 9.13. The van der Waals surface area contributed by atoms with Crippen LogP contribution in [0.2, 0.25) is 0 Å². The lowest BCUT2D eigenvalue weighted by Gasteiger charge is -2.05. The van der Waals surface area contributed by atoms with Crippen LogP contribution in [-0.4, -0.2) is 23.5 Å². The van der Waals surface area contributed by atoms with E-state index in [1.807, 2.05) is 11.4 Å². The average molecular weight is 329 g/mol. The molecule has 1 aromatic carbocycles. The lowest BCUT2D eigenvalue weighted by atomic mass is 10.1. The van der Waals surface area contributed by atoms with E-state index < -0.39 is 0 Å². The number of thiazole rings is 1. The minimum atomic E-state index is -0.0476. The fourth-order valence-electron chi connectivity index (χ4n) is 2.65. The number of nitrogens with one attached hydrogen (secondary N) is 2. The fraction of sp³-hybridized carbons (Fsp3) is 0.412. The van der Waals surface area contributed by atoms with Gasteiger partial charge in [-0.1, -0.05) is 12.1 Å². The zero-order valence-electron chi connectivity index (χ0n) is 12.8. The maximum absolute atomic E-state index is 11.9. The van der Waals surface area contributed by atoms with Crippen molar-refractivity contribution in [2.24, 2.45) is 0 Å². The summed E-state index contributed by atoms with van der Waals surface area (Å²) in [6, 6.07) is 6.71. The van der Waals surface area contributed by atoms with E-state index in [2.05, 4.69) is 27.8 Å². The summed E-state index contributed by atoms with van der Waals surface area (Å²) in [6.45, 7) is 2.25. The average Bonchev–Trinajstić information content (AvgIpc) is 3.06. The largest absolute Gasteiger partial charge is 0.493 e. The van der Waals surface area contributed by atoms with Crippen molar-refractivity contribution in [2.45, 2.75) is 38.4 Å². The van der Waals surface area contributed by atoms with E-state index in [0.29, 0.717) is 18.3 Å². The number of carbonyl (C=O) groups is 1. The minimum Gasteiger partial charge on any atom is -0.493 e. The van der Waals surface area contributed by atoms with Gasteiger partial charge in [0.05, 0.1) is 6.61 Å². The molecule has 2 aromatic rings. The van der Waals surface area contributed by atoms with Crippen molar-refractivity contribution in [3.8, 4) is 5.75 Å². The van der Waals surface area contributed by atoms with Crippen LogP contribution in [0.1, 0.15) is 39.5 Å². The minimum absolute atomic E-state index is 0.0476. The number of carbonyl (C=O) groups excluding carboxylic acids is 1. The number of nitrogens with zero attached hydrogens (tertiary/aromatic N) is 1. The van der Waals surface area contributed by atoms with E-state index in [4.69, 9.17) is 4.74 Å². The summed E-state index contributed by atoms with van der Waals surface area (Å²) < 4.78 is 5.52. The van der Waals surface area contributed by atoms with Crippen LogP contribution >= 0.6 is 11.3 Å². The normalized spacial score (nSPS) is 16.0. The molecule has 1 aliphatic heterocycles. The van der Waals surface area contributed by atoms with Gasteiger partial charge in [-0.05, 0) is 30.0 Å². The molecule has 120 valence electrons. The topological polar surface area (TPSA) is 63.2 Å². The molecule has 6 heteroatoms. The number of ether oxygens (including phenoxy) is 1. The lowest BCUT2D eigenvalue weighted by molar-refractivity contribution is 0.0946. The van der Waals surface area contributed by atoms with Crippen molar-refractivity contribution >= 4 is 17.2 Å². The number of rotatable bonds is 6. The van der Waals surface area contributed by atoms with Crippen LogP contribution in [0.15, 0.2) is 23.6 Å². The van der Waals surface area contributed by atoms with Crippen molar-refractivity contribution in [1.82, 2.24) is 15.6 Å². The van der Waals surface area contributed by atoms with Crippen molar-refractivity contribution in [3.05, 3.63) is 45.4 Å². The van der Waals surface area contributed by atoms with E-state index in [0.717, 1.165) is 43.2 Å². The zero-order valence-corrected chi connectivity index (χ0v) is 13.6. The zero-order chi connectivity index (χ0) is 15.6. The van der Waals surface area contributed by atoms with Gasteiger partial charge in [0.15, 0.2) is 0 Å². The second-order valence-corrected chi connectivity index (χ2v) is 6.96. The molecular formula is C17H19N3O2S. The SMILES string of the molecule is O=C(NC1CC1)c1csc(CNCc2ccc3c(c2)CCO3)n1. The summed E-state index contributed by atoms with van der Waals surface area (Å²) >= 11 is 1.53. The summed E-state index contributed by atoms with van der Waals surface area (Å²) in [6.07, 6.45) is 3.18. The first-order chi connectivity index (χ1) is 11.3. The number of hydrogen-bond acceptors (Lipinski definition) is 5. The van der Waals surface area contributed by atoms with Crippen LogP contribution in [0, 0.1) is 0 Å². The Kier molecular flexibility index (Phi) is 4.01. The molecule has 1 fully saturated rings. The Balaban J connectivity index is 1.29. The highest BCUT2D eigenvalue weighted by Gasteiger charge is 2.24. The molecule has 0 saturated heterocycles. The molecule has 4 rings (SSSR count). The molecule has 1 saturated carbocycles. The first kappa shape index (κ1) is 14.7. The molecule has 5 nitrogen and oxygen atoms in total. The highest BCUT2D eigenvalue weighted by atomic mass is 32.1. The summed E-state index contributed by atoms with van der Waals surface area (Å²) in [7, 11) is 0. The predicted octanol–water partition coefficient (Wildman–Crippen LogP) is 2.26. The van der Waals surface area contributed by atoms with Crippen molar-refractivity contribution in [2.75, 3.05) is 6.61 Å². The maximum Gasteiger partial charge on any atom is 0.270 e. The highest BCUT2D eigenvalue weighted by molar-refractivity contribution is 7.09. The molecule has 0 bridgehead atoms. The lowest BCUT2D eigenvalue weighted by Crippen LogP contribution is -2.25. The first-order valence-corrected chi connectivity index (χ1v) is 8.86. The molecule has 1 amide bonds. The smallest absolute Gasteiger partial charge is 0.270 e. The third kappa shape index (κ3) is 3.54. The molecule has 2 heterocycles. The molecule has 2 N–H and O–H groups in total. The van der Waals surface area contributed by atoms with Crippen LogP contribution in [0.3, 0.4) is 0 Å². The van der Waals surface area contributed by atoms with Crippen LogP contribution in [-0.2, 0) is 19.5 Å². The quantitative estimate of drug-likeness (QED) is 0.853. The Bertz CT molecular complexity index is 724. The number of aromatic nitrogens is 1. The van der Waals surface area contributed by atoms with E-state index in [9.17, 15) is 4.79 Å². The van der Waals surface area contributed by atoms with Gasteiger partial charge in [0.1, 0.15) is 16.5 Å². The van der Waals surface area contributed by atoms with Crippen molar-refractivity contribution in [1.29, 1.82) is 0 Å². The number of fused-ring (bicyclic) bond motifs is 1. The Morgan fingerprint density at radius 2 is 2.26 bits per heavy atom. The number of hydrogen-bond donors (Lipinski definition) is 2. The van der Waals surface area contributed by atoms with Crippen molar-refractivity contribution < 1.29 is 9.53 Å². The highest BCUT2D eigenvalue weighted by Crippen LogP contribution is 2.25. The van der Waals surface area contributed by atoms with Gasteiger partial charge in [-0.3, -0.25) is 4.79 Å². The van der Waals surface area contributed by atoms with E-state index in [1.165, 1.54) is 22.5 Å². The van der Waals surface area contributed by atoms with Crippen LogP contribution in [0.5, 0.6) is 5.75 Å². The third-order valence-electron chi connectivity index (χ3n) is 4.06. The van der Waals surface area contributed by atoms with Gasteiger partial charge in [0.2, 0.25) is 0 Å². The summed E-state index contributed by atoms with van der Waals surface area (Å²) in [5.41, 5.74) is 3.07. The van der Waals surface area contributed by atoms with Gasteiger partial charge in [-0.15, -0.1) is 11.3 Å². The van der Waals surface area contributed by atoms with Gasteiger partial charge in [-0.25, -0.2) is 4.98 Å². The second kappa shape index (κ2) is 6.29. The molecular weight excluding hydrogens is 310 g/mol. The molecule has 0 radical (unpaired) electrons. The van der Waals surface area contributed by atoms with Gasteiger partial charge < -0.3 is 15.4 Å². The fourth-order valence-corrected chi connectivity index (χ4v) is 3.39. The maximum atomic E-state index is 11.9. The predicted molar refractivity (Wildman–Crippen MR) is 88.8 cm³/mol. The Morgan fingerprint density at radius 3 is 3.13 bits per heavy atom. The van der Waals surface area contributed by atoms with E-state index >= 15 is 0 Å². The molecule has 2 aliphatic rings. The summed E-state index contributed by atoms with van der Waals surface area (Å²) in [5.74, 6) is 0.966. The molecule has 0 unspecified atom stereocenters. The summed E-state index contributed by atoms with van der Waals surface area (Å²) in [4.78, 5) is 16.3. The molecule has 0 atom stereocenters. The standard InChI is InChI=1S/C17H19N3O2S/c21-17(19-13-2-3-13)14-10-23-16(20-14)9-18-8-11-1-4-15-12(7-11)5-6-22-15/h1,4,7,10,13,18H,2-3,5-6,8-9H2,(H,19,21). The van der Waals surface area contributed by atoms with Crippen LogP contribution < -0.4 is 15.4 Å². The third-order valence-corrected chi connectivity index (χ3v) is 4.90. The number of benzene rings is 1. The van der Waals surface area contributed by atoms with Gasteiger partial charge in [0.25, 0.3) is 5.91 Å². The Hall–Kier alpha value is -1.92. The van der Waals surface area contributed by atoms with Gasteiger partial charge in [0, 0.05) is 30.9 Å². The Labute approximate surface area is 139 Å². The van der Waals surface area contributed by atoms with Crippen molar-refractivity contribution in [3.63, 3.8) is 0 Å². The van der Waals surface area contributed by atoms with E-state index in [1.54, 1.807) is 0 Å². The molecule has 1 aliphatic carbocycles. The molecule has 23 heavy (non-hydrogen) atoms. The Morgan fingerprint density at radius 1 is 1.35 bits per heavy atom. The molecule has 1 aromatic heterocycles.